The van der Waals surface area contributed by atoms with E-state index in [-0.39, 0.29) is 12.2 Å². The Bertz CT molecular complexity index is 186. The SMILES string of the molecule is CCC1(OC(=O)C(N)CO)CNC1. The Labute approximate surface area is 77.2 Å². The lowest BCUT2D eigenvalue weighted by Gasteiger charge is -2.41. The fourth-order valence-electron chi connectivity index (χ4n) is 1.16. The largest absolute Gasteiger partial charge is 0.455 e. The van der Waals surface area contributed by atoms with Crippen LogP contribution in [0.4, 0.5) is 0 Å². The molecule has 0 aromatic heterocycles. The Hall–Kier alpha value is -0.650. The first-order chi connectivity index (χ1) is 6.13. The maximum Gasteiger partial charge on any atom is 0.325 e. The first kappa shape index (κ1) is 10.4. The number of rotatable bonds is 4. The van der Waals surface area contributed by atoms with Crippen LogP contribution in [0.3, 0.4) is 0 Å². The zero-order valence-electron chi connectivity index (χ0n) is 7.75. The van der Waals surface area contributed by atoms with E-state index in [9.17, 15) is 4.79 Å². The molecule has 76 valence electrons. The molecule has 1 saturated heterocycles. The minimum atomic E-state index is -0.913. The lowest BCUT2D eigenvalue weighted by molar-refractivity contribution is -0.168. The van der Waals surface area contributed by atoms with E-state index in [1.165, 1.54) is 0 Å². The number of carbonyl (C=O) groups is 1. The Balaban J connectivity index is 2.42. The number of aliphatic hydroxyl groups excluding tert-OH is 1. The van der Waals surface area contributed by atoms with Crippen LogP contribution in [0, 0.1) is 0 Å². The third-order valence-corrected chi connectivity index (χ3v) is 2.36. The van der Waals surface area contributed by atoms with Crippen molar-refractivity contribution in [1.82, 2.24) is 5.32 Å². The standard InChI is InChI=1S/C8H16N2O3/c1-2-8(4-10-5-8)13-7(12)6(9)3-11/h6,10-11H,2-5,9H2,1H3. The Morgan fingerprint density at radius 2 is 2.38 bits per heavy atom. The molecule has 4 N–H and O–H groups in total. The quantitative estimate of drug-likeness (QED) is 0.473. The Morgan fingerprint density at radius 1 is 1.77 bits per heavy atom. The fourth-order valence-corrected chi connectivity index (χ4v) is 1.16. The maximum atomic E-state index is 11.2. The van der Waals surface area contributed by atoms with Crippen LogP contribution in [0.25, 0.3) is 0 Å². The van der Waals surface area contributed by atoms with Crippen molar-refractivity contribution in [2.45, 2.75) is 25.0 Å². The molecule has 1 aliphatic heterocycles. The summed E-state index contributed by atoms with van der Waals surface area (Å²) < 4.78 is 5.19. The lowest BCUT2D eigenvalue weighted by atomic mass is 9.93. The molecule has 5 heteroatoms. The molecule has 0 bridgehead atoms. The maximum absolute atomic E-state index is 11.2. The highest BCUT2D eigenvalue weighted by Crippen LogP contribution is 2.21. The van der Waals surface area contributed by atoms with E-state index in [2.05, 4.69) is 5.32 Å². The molecule has 13 heavy (non-hydrogen) atoms. The number of carbonyl (C=O) groups excluding carboxylic acids is 1. The summed E-state index contributed by atoms with van der Waals surface area (Å²) >= 11 is 0. The summed E-state index contributed by atoms with van der Waals surface area (Å²) in [6.45, 7) is 2.94. The summed E-state index contributed by atoms with van der Waals surface area (Å²) in [6.07, 6.45) is 0.768. The topological polar surface area (TPSA) is 84.6 Å². The number of hydrogen-bond donors (Lipinski definition) is 3. The van der Waals surface area contributed by atoms with Crippen molar-refractivity contribution in [3.63, 3.8) is 0 Å². The summed E-state index contributed by atoms with van der Waals surface area (Å²) in [5, 5.41) is 11.7. The van der Waals surface area contributed by atoms with E-state index in [4.69, 9.17) is 15.6 Å². The molecule has 0 amide bonds. The second-order valence-corrected chi connectivity index (χ2v) is 3.35. The van der Waals surface area contributed by atoms with Gasteiger partial charge in [0.05, 0.1) is 6.61 Å². The molecule has 1 atom stereocenters. The third kappa shape index (κ3) is 2.18. The van der Waals surface area contributed by atoms with Gasteiger partial charge in [0.25, 0.3) is 0 Å². The van der Waals surface area contributed by atoms with Crippen molar-refractivity contribution in [2.24, 2.45) is 5.73 Å². The van der Waals surface area contributed by atoms with Gasteiger partial charge >= 0.3 is 5.97 Å². The predicted octanol–water partition coefficient (Wildman–Crippen LogP) is -1.40. The van der Waals surface area contributed by atoms with E-state index in [0.717, 1.165) is 6.42 Å². The van der Waals surface area contributed by atoms with Crippen LogP contribution in [-0.4, -0.2) is 42.4 Å². The molecule has 1 rings (SSSR count). The van der Waals surface area contributed by atoms with Crippen molar-refractivity contribution in [3.8, 4) is 0 Å². The normalized spacial score (nSPS) is 21.8. The summed E-state index contributed by atoms with van der Waals surface area (Å²) in [7, 11) is 0. The number of nitrogens with one attached hydrogen (secondary N) is 1. The molecule has 5 nitrogen and oxygen atoms in total. The van der Waals surface area contributed by atoms with Crippen LogP contribution in [0.2, 0.25) is 0 Å². The van der Waals surface area contributed by atoms with Crippen molar-refractivity contribution in [3.05, 3.63) is 0 Å². The summed E-state index contributed by atoms with van der Waals surface area (Å²) in [5.74, 6) is -0.522. The molecule has 1 fully saturated rings. The van der Waals surface area contributed by atoms with Crippen LogP contribution >= 0.6 is 0 Å². The molecule has 1 unspecified atom stereocenters. The van der Waals surface area contributed by atoms with Crippen molar-refractivity contribution in [2.75, 3.05) is 19.7 Å². The molecule has 0 aliphatic carbocycles. The second-order valence-electron chi connectivity index (χ2n) is 3.35. The van der Waals surface area contributed by atoms with Crippen LogP contribution in [-0.2, 0) is 9.53 Å². The highest BCUT2D eigenvalue weighted by Gasteiger charge is 2.39. The summed E-state index contributed by atoms with van der Waals surface area (Å²) in [4.78, 5) is 11.2. The molecule has 0 saturated carbocycles. The first-order valence-corrected chi connectivity index (χ1v) is 4.43. The van der Waals surface area contributed by atoms with Gasteiger partial charge in [0.15, 0.2) is 0 Å². The monoisotopic (exact) mass is 188 g/mol. The number of nitrogens with two attached hydrogens (primary N) is 1. The van der Waals surface area contributed by atoms with E-state index in [0.29, 0.717) is 13.1 Å². The lowest BCUT2D eigenvalue weighted by Crippen LogP contribution is -2.62. The van der Waals surface area contributed by atoms with Gasteiger partial charge in [0.2, 0.25) is 0 Å². The minimum absolute atomic E-state index is 0.369. The molecule has 1 aliphatic rings. The van der Waals surface area contributed by atoms with Crippen molar-refractivity contribution < 1.29 is 14.6 Å². The average Bonchev–Trinajstić information content (AvgIpc) is 2.09. The van der Waals surface area contributed by atoms with Gasteiger partial charge in [0, 0.05) is 13.1 Å². The Morgan fingerprint density at radius 3 is 2.69 bits per heavy atom. The van der Waals surface area contributed by atoms with Gasteiger partial charge in [-0.15, -0.1) is 0 Å². The summed E-state index contributed by atoms with van der Waals surface area (Å²) in [6, 6.07) is -0.913. The zero-order valence-corrected chi connectivity index (χ0v) is 7.75. The molecule has 0 aromatic rings. The number of esters is 1. The number of hydrogen-bond acceptors (Lipinski definition) is 5. The average molecular weight is 188 g/mol. The first-order valence-electron chi connectivity index (χ1n) is 4.43. The Kier molecular flexibility index (Phi) is 3.24. The molecule has 0 radical (unpaired) electrons. The van der Waals surface area contributed by atoms with E-state index < -0.39 is 12.0 Å². The van der Waals surface area contributed by atoms with Crippen molar-refractivity contribution in [1.29, 1.82) is 0 Å². The number of aliphatic hydroxyl groups is 1. The number of ether oxygens (including phenoxy) is 1. The smallest absolute Gasteiger partial charge is 0.325 e. The van der Waals surface area contributed by atoms with Crippen LogP contribution in [0.5, 0.6) is 0 Å². The van der Waals surface area contributed by atoms with Crippen LogP contribution in [0.15, 0.2) is 0 Å². The van der Waals surface area contributed by atoms with Crippen LogP contribution in [0.1, 0.15) is 13.3 Å². The van der Waals surface area contributed by atoms with E-state index in [1.807, 2.05) is 6.92 Å². The van der Waals surface area contributed by atoms with E-state index in [1.54, 1.807) is 0 Å². The van der Waals surface area contributed by atoms with Crippen molar-refractivity contribution >= 4 is 5.97 Å². The molecule has 0 spiro atoms. The molecular formula is C8H16N2O3. The van der Waals surface area contributed by atoms with E-state index >= 15 is 0 Å². The molecule has 0 aromatic carbocycles. The highest BCUT2D eigenvalue weighted by atomic mass is 16.6. The minimum Gasteiger partial charge on any atom is -0.455 e. The third-order valence-electron chi connectivity index (χ3n) is 2.36. The van der Waals surface area contributed by atoms with Gasteiger partial charge in [-0.25, -0.2) is 0 Å². The van der Waals surface area contributed by atoms with Gasteiger partial charge in [-0.05, 0) is 6.42 Å². The molecule has 1 heterocycles. The van der Waals surface area contributed by atoms with Gasteiger partial charge in [-0.3, -0.25) is 4.79 Å². The summed E-state index contributed by atoms with van der Waals surface area (Å²) in [5.41, 5.74) is 4.93. The van der Waals surface area contributed by atoms with Gasteiger partial charge in [-0.1, -0.05) is 6.92 Å². The van der Waals surface area contributed by atoms with Gasteiger partial charge in [-0.2, -0.15) is 0 Å². The molecular weight excluding hydrogens is 172 g/mol. The van der Waals surface area contributed by atoms with Gasteiger partial charge in [0.1, 0.15) is 11.6 Å². The highest BCUT2D eigenvalue weighted by molar-refractivity contribution is 5.76. The predicted molar refractivity (Wildman–Crippen MR) is 47.0 cm³/mol. The van der Waals surface area contributed by atoms with Crippen LogP contribution < -0.4 is 11.1 Å². The fraction of sp³-hybridized carbons (Fsp3) is 0.875. The second kappa shape index (κ2) is 4.04. The van der Waals surface area contributed by atoms with Gasteiger partial charge < -0.3 is 20.9 Å². The zero-order chi connectivity index (χ0) is 9.90.